The predicted octanol–water partition coefficient (Wildman–Crippen LogP) is 1.62. The van der Waals surface area contributed by atoms with Crippen LogP contribution in [0.25, 0.3) is 0 Å². The number of aromatic nitrogens is 1. The van der Waals surface area contributed by atoms with Crippen LogP contribution in [0.3, 0.4) is 0 Å². The van der Waals surface area contributed by atoms with E-state index in [0.717, 1.165) is 32.5 Å². The van der Waals surface area contributed by atoms with Crippen LogP contribution in [0.1, 0.15) is 25.3 Å². The summed E-state index contributed by atoms with van der Waals surface area (Å²) in [5.74, 6) is 0.334. The molecule has 1 aliphatic rings. The summed E-state index contributed by atoms with van der Waals surface area (Å²) >= 11 is 0. The Balaban J connectivity index is 1.90. The summed E-state index contributed by atoms with van der Waals surface area (Å²) in [7, 11) is 0. The Kier molecular flexibility index (Phi) is 3.43. The fourth-order valence-electron chi connectivity index (χ4n) is 2.22. The quantitative estimate of drug-likeness (QED) is 0.614. The van der Waals surface area contributed by atoms with Crippen LogP contribution in [0.5, 0.6) is 0 Å². The van der Waals surface area contributed by atoms with Gasteiger partial charge in [0.05, 0.1) is 5.84 Å². The van der Waals surface area contributed by atoms with Crippen LogP contribution in [0.15, 0.2) is 24.5 Å². The second kappa shape index (κ2) is 4.84. The summed E-state index contributed by atoms with van der Waals surface area (Å²) < 4.78 is 0. The summed E-state index contributed by atoms with van der Waals surface area (Å²) in [5.41, 5.74) is 6.87. The summed E-state index contributed by atoms with van der Waals surface area (Å²) in [6, 6.07) is 4.11. The van der Waals surface area contributed by atoms with E-state index in [1.54, 1.807) is 0 Å². The summed E-state index contributed by atoms with van der Waals surface area (Å²) in [6.45, 7) is 5.09. The van der Waals surface area contributed by atoms with Gasteiger partial charge < -0.3 is 5.73 Å². The van der Waals surface area contributed by atoms with Crippen LogP contribution < -0.4 is 5.73 Å². The van der Waals surface area contributed by atoms with E-state index in [4.69, 9.17) is 11.1 Å². The number of likely N-dealkylation sites (tertiary alicyclic amines) is 1. The van der Waals surface area contributed by atoms with Crippen LogP contribution in [0.2, 0.25) is 0 Å². The maximum Gasteiger partial charge on any atom is 0.0966 e. The molecule has 0 aliphatic carbocycles. The number of piperidine rings is 1. The van der Waals surface area contributed by atoms with E-state index in [1.165, 1.54) is 5.56 Å². The molecule has 3 N–H and O–H groups in total. The number of amidine groups is 1. The maximum absolute atomic E-state index is 7.62. The lowest BCUT2D eigenvalue weighted by atomic mass is 9.79. The molecule has 1 aliphatic heterocycles. The Bertz CT molecular complexity index is 380. The molecule has 1 fully saturated rings. The van der Waals surface area contributed by atoms with Gasteiger partial charge in [0.1, 0.15) is 0 Å². The fraction of sp³-hybridized carbons (Fsp3) is 0.538. The smallest absolute Gasteiger partial charge is 0.0966 e. The molecule has 92 valence electrons. The second-order valence-electron chi connectivity index (χ2n) is 5.11. The van der Waals surface area contributed by atoms with Crippen molar-refractivity contribution >= 4 is 5.84 Å². The molecular formula is C13H20N4. The summed E-state index contributed by atoms with van der Waals surface area (Å²) in [6.07, 6.45) is 5.62. The monoisotopic (exact) mass is 232 g/mol. The van der Waals surface area contributed by atoms with Gasteiger partial charge in [-0.2, -0.15) is 0 Å². The van der Waals surface area contributed by atoms with E-state index >= 15 is 0 Å². The molecule has 0 aromatic carbocycles. The first-order valence-electron chi connectivity index (χ1n) is 6.06. The molecule has 4 nitrogen and oxygen atoms in total. The number of nitrogens with one attached hydrogen (secondary N) is 1. The minimum atomic E-state index is -0.0885. The first-order chi connectivity index (χ1) is 8.10. The fourth-order valence-corrected chi connectivity index (χ4v) is 2.22. The Morgan fingerprint density at radius 3 is 2.53 bits per heavy atom. The van der Waals surface area contributed by atoms with E-state index in [2.05, 4.69) is 28.9 Å². The Labute approximate surface area is 102 Å². The molecule has 1 aromatic rings. The van der Waals surface area contributed by atoms with Gasteiger partial charge in [0, 0.05) is 24.4 Å². The minimum Gasteiger partial charge on any atom is -0.387 e. The lowest BCUT2D eigenvalue weighted by Gasteiger charge is -2.38. The Hall–Kier alpha value is -1.42. The molecule has 0 atom stereocenters. The van der Waals surface area contributed by atoms with Gasteiger partial charge >= 0.3 is 0 Å². The van der Waals surface area contributed by atoms with E-state index in [1.807, 2.05) is 12.4 Å². The molecule has 0 unspecified atom stereocenters. The van der Waals surface area contributed by atoms with Crippen molar-refractivity contribution in [2.75, 3.05) is 13.1 Å². The highest BCUT2D eigenvalue weighted by atomic mass is 15.1. The zero-order valence-corrected chi connectivity index (χ0v) is 10.3. The van der Waals surface area contributed by atoms with Crippen molar-refractivity contribution in [3.63, 3.8) is 0 Å². The standard InChI is InChI=1S/C13H20N4/c1-13(12(14)15)4-8-17(9-5-13)10-11-2-6-16-7-3-11/h2-3,6-7H,4-5,8-10H2,1H3,(H3,14,15). The van der Waals surface area contributed by atoms with Gasteiger partial charge in [-0.05, 0) is 43.6 Å². The zero-order chi connectivity index (χ0) is 12.3. The molecule has 2 rings (SSSR count). The van der Waals surface area contributed by atoms with Gasteiger partial charge in [0.2, 0.25) is 0 Å². The third-order valence-corrected chi connectivity index (χ3v) is 3.77. The van der Waals surface area contributed by atoms with Crippen molar-refractivity contribution in [3.05, 3.63) is 30.1 Å². The Morgan fingerprint density at radius 2 is 2.00 bits per heavy atom. The topological polar surface area (TPSA) is 66.0 Å². The van der Waals surface area contributed by atoms with Crippen molar-refractivity contribution in [3.8, 4) is 0 Å². The molecular weight excluding hydrogens is 212 g/mol. The molecule has 0 spiro atoms. The number of rotatable bonds is 3. The molecule has 17 heavy (non-hydrogen) atoms. The van der Waals surface area contributed by atoms with Gasteiger partial charge in [0.25, 0.3) is 0 Å². The number of nitrogens with zero attached hydrogens (tertiary/aromatic N) is 2. The first-order valence-corrected chi connectivity index (χ1v) is 6.06. The average Bonchev–Trinajstić information content (AvgIpc) is 2.33. The molecule has 2 heterocycles. The molecule has 0 bridgehead atoms. The van der Waals surface area contributed by atoms with Crippen LogP contribution in [-0.4, -0.2) is 28.8 Å². The molecule has 0 saturated carbocycles. The normalized spacial score (nSPS) is 20.1. The highest BCUT2D eigenvalue weighted by Crippen LogP contribution is 2.30. The molecule has 1 saturated heterocycles. The van der Waals surface area contributed by atoms with Crippen molar-refractivity contribution < 1.29 is 0 Å². The largest absolute Gasteiger partial charge is 0.387 e. The zero-order valence-electron chi connectivity index (χ0n) is 10.3. The van der Waals surface area contributed by atoms with E-state index in [-0.39, 0.29) is 5.41 Å². The predicted molar refractivity (Wildman–Crippen MR) is 68.8 cm³/mol. The highest BCUT2D eigenvalue weighted by Gasteiger charge is 2.32. The van der Waals surface area contributed by atoms with Crippen molar-refractivity contribution in [1.82, 2.24) is 9.88 Å². The van der Waals surface area contributed by atoms with E-state index in [0.29, 0.717) is 5.84 Å². The molecule has 4 heteroatoms. The third kappa shape index (κ3) is 2.82. The van der Waals surface area contributed by atoms with Gasteiger partial charge in [-0.15, -0.1) is 0 Å². The molecule has 0 radical (unpaired) electrons. The first kappa shape index (κ1) is 12.0. The van der Waals surface area contributed by atoms with Gasteiger partial charge in [-0.1, -0.05) is 6.92 Å². The van der Waals surface area contributed by atoms with Crippen LogP contribution in [-0.2, 0) is 6.54 Å². The van der Waals surface area contributed by atoms with E-state index < -0.39 is 0 Å². The van der Waals surface area contributed by atoms with E-state index in [9.17, 15) is 0 Å². The highest BCUT2D eigenvalue weighted by molar-refractivity contribution is 5.83. The number of pyridine rings is 1. The molecule has 1 aromatic heterocycles. The van der Waals surface area contributed by atoms with Gasteiger partial charge in [0.15, 0.2) is 0 Å². The SMILES string of the molecule is CC1(C(=N)N)CCN(Cc2ccncc2)CC1. The van der Waals surface area contributed by atoms with Crippen molar-refractivity contribution in [1.29, 1.82) is 5.41 Å². The van der Waals surface area contributed by atoms with Crippen LogP contribution >= 0.6 is 0 Å². The second-order valence-corrected chi connectivity index (χ2v) is 5.11. The van der Waals surface area contributed by atoms with Crippen LogP contribution in [0.4, 0.5) is 0 Å². The minimum absolute atomic E-state index is 0.0885. The summed E-state index contributed by atoms with van der Waals surface area (Å²) in [4.78, 5) is 6.44. The van der Waals surface area contributed by atoms with Gasteiger partial charge in [-0.3, -0.25) is 15.3 Å². The number of nitrogens with two attached hydrogens (primary N) is 1. The third-order valence-electron chi connectivity index (χ3n) is 3.77. The molecule has 0 amide bonds. The summed E-state index contributed by atoms with van der Waals surface area (Å²) in [5, 5.41) is 7.62. The Morgan fingerprint density at radius 1 is 1.41 bits per heavy atom. The number of hydrogen-bond acceptors (Lipinski definition) is 3. The average molecular weight is 232 g/mol. The number of hydrogen-bond donors (Lipinski definition) is 2. The van der Waals surface area contributed by atoms with Crippen LogP contribution in [0, 0.1) is 10.8 Å². The maximum atomic E-state index is 7.62. The lowest BCUT2D eigenvalue weighted by molar-refractivity contribution is 0.156. The van der Waals surface area contributed by atoms with Crippen molar-refractivity contribution in [2.45, 2.75) is 26.3 Å². The lowest BCUT2D eigenvalue weighted by Crippen LogP contribution is -2.44. The van der Waals surface area contributed by atoms with Crippen molar-refractivity contribution in [2.24, 2.45) is 11.1 Å². The van der Waals surface area contributed by atoms with Gasteiger partial charge in [-0.25, -0.2) is 0 Å².